The molecule has 2 aromatic carbocycles. The molecule has 5 nitrogen and oxygen atoms in total. The number of alkyl halides is 3. The largest absolute Gasteiger partial charge is 0.463 e. The van der Waals surface area contributed by atoms with E-state index in [-0.39, 0.29) is 18.0 Å². The van der Waals surface area contributed by atoms with Crippen LogP contribution in [0.25, 0.3) is 10.8 Å². The summed E-state index contributed by atoms with van der Waals surface area (Å²) in [5.74, 6) is -2.66. The molecule has 1 aliphatic heterocycles. The van der Waals surface area contributed by atoms with Crippen molar-refractivity contribution in [2.75, 3.05) is 6.61 Å². The highest BCUT2D eigenvalue weighted by molar-refractivity contribution is 6.07. The Morgan fingerprint density at radius 3 is 2.54 bits per heavy atom. The first-order valence-electron chi connectivity index (χ1n) is 8.52. The van der Waals surface area contributed by atoms with Gasteiger partial charge in [0, 0.05) is 17.7 Å². The fraction of sp³-hybridized carbons (Fsp3) is 0.200. The average molecular weight is 389 g/mol. The summed E-state index contributed by atoms with van der Waals surface area (Å²) in [7, 11) is 0. The molecule has 28 heavy (non-hydrogen) atoms. The van der Waals surface area contributed by atoms with Crippen LogP contribution in [0.3, 0.4) is 0 Å². The molecule has 0 saturated heterocycles. The number of hydrogen-bond acceptors (Lipinski definition) is 5. The lowest BCUT2D eigenvalue weighted by molar-refractivity contribution is -0.140. The number of carbonyl (C=O) groups is 1. The van der Waals surface area contributed by atoms with Gasteiger partial charge in [0.2, 0.25) is 0 Å². The van der Waals surface area contributed by atoms with Crippen LogP contribution in [0.15, 0.2) is 70.5 Å². The van der Waals surface area contributed by atoms with Crippen molar-refractivity contribution in [1.29, 1.82) is 0 Å². The standard InChI is InChI=1S/C20H18F3N3O2/c1-2-28-19(27)16-15(13-9-5-7-11-6-3-4-8-12(11)13)14(10-24)18(25)26-17(16)20(21,22)23/h3-10,15H,2,24H2,1H3,(H2,25,26)/b14-10-. The fourth-order valence-corrected chi connectivity index (χ4v) is 3.33. The maximum Gasteiger partial charge on any atom is 0.434 e. The van der Waals surface area contributed by atoms with Gasteiger partial charge in [0.25, 0.3) is 0 Å². The summed E-state index contributed by atoms with van der Waals surface area (Å²) in [6.45, 7) is 1.43. The minimum atomic E-state index is -4.89. The summed E-state index contributed by atoms with van der Waals surface area (Å²) < 4.78 is 46.1. The second-order valence-electron chi connectivity index (χ2n) is 6.10. The third kappa shape index (κ3) is 3.33. The van der Waals surface area contributed by atoms with Gasteiger partial charge in [-0.2, -0.15) is 13.2 Å². The average Bonchev–Trinajstić information content (AvgIpc) is 2.66. The monoisotopic (exact) mass is 389 g/mol. The van der Waals surface area contributed by atoms with Crippen LogP contribution in [0.2, 0.25) is 0 Å². The van der Waals surface area contributed by atoms with Crippen LogP contribution in [-0.4, -0.2) is 24.6 Å². The van der Waals surface area contributed by atoms with Crippen molar-refractivity contribution in [2.24, 2.45) is 16.5 Å². The van der Waals surface area contributed by atoms with Crippen LogP contribution in [0.5, 0.6) is 0 Å². The van der Waals surface area contributed by atoms with E-state index in [1.54, 1.807) is 24.3 Å². The van der Waals surface area contributed by atoms with Crippen LogP contribution in [0.1, 0.15) is 18.4 Å². The Morgan fingerprint density at radius 1 is 1.21 bits per heavy atom. The van der Waals surface area contributed by atoms with E-state index in [1.165, 1.54) is 6.92 Å². The van der Waals surface area contributed by atoms with Gasteiger partial charge in [-0.25, -0.2) is 9.79 Å². The first-order chi connectivity index (χ1) is 13.3. The lowest BCUT2D eigenvalue weighted by Gasteiger charge is -2.29. The lowest BCUT2D eigenvalue weighted by atomic mass is 9.79. The topological polar surface area (TPSA) is 90.7 Å². The molecule has 0 bridgehead atoms. The number of hydrogen-bond donors (Lipinski definition) is 2. The summed E-state index contributed by atoms with van der Waals surface area (Å²) >= 11 is 0. The van der Waals surface area contributed by atoms with Gasteiger partial charge in [-0.15, -0.1) is 0 Å². The van der Waals surface area contributed by atoms with E-state index in [1.807, 2.05) is 18.2 Å². The number of aliphatic imine (C=N–C) groups is 1. The predicted molar refractivity (Wildman–Crippen MR) is 100 cm³/mol. The molecule has 0 spiro atoms. The molecule has 0 aromatic heterocycles. The summed E-state index contributed by atoms with van der Waals surface area (Å²) in [4.78, 5) is 16.0. The van der Waals surface area contributed by atoms with Gasteiger partial charge in [-0.05, 0) is 23.3 Å². The first-order valence-corrected chi connectivity index (χ1v) is 8.52. The van der Waals surface area contributed by atoms with Crippen LogP contribution in [-0.2, 0) is 9.53 Å². The molecule has 146 valence electrons. The third-order valence-corrected chi connectivity index (χ3v) is 4.46. The second kappa shape index (κ2) is 7.38. The Hall–Kier alpha value is -3.29. The number of rotatable bonds is 3. The van der Waals surface area contributed by atoms with Crippen LogP contribution in [0, 0.1) is 0 Å². The lowest BCUT2D eigenvalue weighted by Crippen LogP contribution is -2.33. The smallest absolute Gasteiger partial charge is 0.434 e. The second-order valence-corrected chi connectivity index (χ2v) is 6.10. The molecule has 0 radical (unpaired) electrons. The van der Waals surface area contributed by atoms with Crippen LogP contribution >= 0.6 is 0 Å². The molecule has 2 aromatic rings. The number of allylic oxidation sites excluding steroid dienone is 1. The highest BCUT2D eigenvalue weighted by atomic mass is 19.4. The van der Waals surface area contributed by atoms with Gasteiger partial charge in [0.05, 0.1) is 12.2 Å². The number of benzene rings is 2. The van der Waals surface area contributed by atoms with E-state index in [9.17, 15) is 18.0 Å². The Labute approximate surface area is 159 Å². The summed E-state index contributed by atoms with van der Waals surface area (Å²) in [6, 6.07) is 12.3. The third-order valence-electron chi connectivity index (χ3n) is 4.46. The molecule has 8 heteroatoms. The Bertz CT molecular complexity index is 1020. The maximum atomic E-state index is 13.7. The zero-order valence-corrected chi connectivity index (χ0v) is 15.0. The number of esters is 1. The number of nitrogens with zero attached hydrogens (tertiary/aromatic N) is 1. The van der Waals surface area contributed by atoms with Crippen molar-refractivity contribution >= 4 is 22.6 Å². The predicted octanol–water partition coefficient (Wildman–Crippen LogP) is 3.52. The van der Waals surface area contributed by atoms with Crippen molar-refractivity contribution in [3.63, 3.8) is 0 Å². The van der Waals surface area contributed by atoms with Crippen LogP contribution < -0.4 is 11.5 Å². The molecule has 0 fully saturated rings. The molecule has 3 rings (SSSR count). The molecule has 1 heterocycles. The molecule has 4 N–H and O–H groups in total. The van der Waals surface area contributed by atoms with Crippen molar-refractivity contribution in [1.82, 2.24) is 0 Å². The van der Waals surface area contributed by atoms with E-state index >= 15 is 0 Å². The van der Waals surface area contributed by atoms with E-state index in [0.717, 1.165) is 11.6 Å². The Kier molecular flexibility index (Phi) is 5.13. The quantitative estimate of drug-likeness (QED) is 0.786. The summed E-state index contributed by atoms with van der Waals surface area (Å²) in [5.41, 5.74) is 10.1. The zero-order chi connectivity index (χ0) is 20.5. The normalized spacial score (nSPS) is 19.1. The van der Waals surface area contributed by atoms with Crippen molar-refractivity contribution in [3.05, 3.63) is 71.1 Å². The number of amidine groups is 1. The highest BCUT2D eigenvalue weighted by Crippen LogP contribution is 2.44. The van der Waals surface area contributed by atoms with Gasteiger partial charge in [0.15, 0.2) is 5.70 Å². The number of carbonyl (C=O) groups excluding carboxylic acids is 1. The maximum absolute atomic E-state index is 13.7. The summed E-state index contributed by atoms with van der Waals surface area (Å²) in [5, 5.41) is 1.47. The van der Waals surface area contributed by atoms with Crippen molar-refractivity contribution in [2.45, 2.75) is 19.0 Å². The fourth-order valence-electron chi connectivity index (χ4n) is 3.33. The molecule has 1 atom stereocenters. The minimum absolute atomic E-state index is 0.0867. The Morgan fingerprint density at radius 2 is 1.89 bits per heavy atom. The molecule has 0 amide bonds. The molecule has 0 aliphatic carbocycles. The van der Waals surface area contributed by atoms with Gasteiger partial charge >= 0.3 is 12.1 Å². The van der Waals surface area contributed by atoms with E-state index < -0.39 is 29.3 Å². The first kappa shape index (κ1) is 19.5. The summed E-state index contributed by atoms with van der Waals surface area (Å²) in [6.07, 6.45) is -3.81. The zero-order valence-electron chi connectivity index (χ0n) is 15.0. The van der Waals surface area contributed by atoms with Crippen molar-refractivity contribution in [3.8, 4) is 0 Å². The number of ether oxygens (including phenoxy) is 1. The Balaban J connectivity index is 2.38. The minimum Gasteiger partial charge on any atom is -0.463 e. The molecule has 1 aliphatic rings. The van der Waals surface area contributed by atoms with Gasteiger partial charge < -0.3 is 16.2 Å². The van der Waals surface area contributed by atoms with Crippen molar-refractivity contribution < 1.29 is 22.7 Å². The van der Waals surface area contributed by atoms with E-state index in [4.69, 9.17) is 16.2 Å². The van der Waals surface area contributed by atoms with E-state index in [2.05, 4.69) is 4.99 Å². The number of halogens is 3. The van der Waals surface area contributed by atoms with Gasteiger partial charge in [-0.3, -0.25) is 0 Å². The molecular weight excluding hydrogens is 371 g/mol. The molecule has 1 unspecified atom stereocenters. The number of fused-ring (bicyclic) bond motifs is 1. The van der Waals surface area contributed by atoms with Crippen LogP contribution in [0.4, 0.5) is 13.2 Å². The SMILES string of the molecule is CCOC(=O)C1=C(C(F)(F)F)N=C(N)/C(=C\N)C1c1cccc2ccccc12. The highest BCUT2D eigenvalue weighted by Gasteiger charge is 2.46. The molecular formula is C20H18F3N3O2. The number of nitrogens with two attached hydrogens (primary N) is 2. The van der Waals surface area contributed by atoms with E-state index in [0.29, 0.717) is 10.9 Å². The van der Waals surface area contributed by atoms with Gasteiger partial charge in [0.1, 0.15) is 5.84 Å². The molecule has 0 saturated carbocycles. The van der Waals surface area contributed by atoms with Gasteiger partial charge in [-0.1, -0.05) is 42.5 Å².